The lowest BCUT2D eigenvalue weighted by Gasteiger charge is -2.32. The number of aryl methyl sites for hydroxylation is 2. The summed E-state index contributed by atoms with van der Waals surface area (Å²) in [6.45, 7) is 10.3. The molecular formula is C25H35N3O3. The van der Waals surface area contributed by atoms with Gasteiger partial charge in [-0.3, -0.25) is 9.89 Å². The number of aliphatic hydroxyl groups is 1. The molecule has 2 aliphatic heterocycles. The number of hydrogen-bond acceptors (Lipinski definition) is 4. The number of fused-ring (bicyclic) bond motifs is 2. The molecule has 4 rings (SSSR count). The highest BCUT2D eigenvalue weighted by Crippen LogP contribution is 2.41. The zero-order valence-electron chi connectivity index (χ0n) is 19.4. The molecule has 1 aromatic heterocycles. The average molecular weight is 426 g/mol. The molecule has 168 valence electrons. The first-order valence-electron chi connectivity index (χ1n) is 11.4. The molecule has 0 radical (unpaired) electrons. The second-order valence-corrected chi connectivity index (χ2v) is 10.1. The van der Waals surface area contributed by atoms with Crippen LogP contribution in [0.5, 0.6) is 5.88 Å². The topological polar surface area (TPSA) is 78.5 Å². The van der Waals surface area contributed by atoms with Crippen molar-refractivity contribution in [2.45, 2.75) is 78.3 Å². The van der Waals surface area contributed by atoms with Crippen molar-refractivity contribution < 1.29 is 14.6 Å². The highest BCUT2D eigenvalue weighted by Gasteiger charge is 2.46. The van der Waals surface area contributed by atoms with E-state index in [4.69, 9.17) is 4.74 Å². The van der Waals surface area contributed by atoms with Crippen LogP contribution in [0, 0.1) is 19.3 Å². The Bertz CT molecular complexity index is 925. The quantitative estimate of drug-likeness (QED) is 0.691. The van der Waals surface area contributed by atoms with E-state index < -0.39 is 5.41 Å². The molecular weight excluding hydrogens is 390 g/mol. The summed E-state index contributed by atoms with van der Waals surface area (Å²) in [7, 11) is 0. The molecule has 0 unspecified atom stereocenters. The number of aliphatic hydroxyl groups excluding tert-OH is 1. The number of aromatic amines is 1. The Kier molecular flexibility index (Phi) is 5.86. The molecule has 31 heavy (non-hydrogen) atoms. The predicted octanol–water partition coefficient (Wildman–Crippen LogP) is 4.35. The Morgan fingerprint density at radius 3 is 2.32 bits per heavy atom. The summed E-state index contributed by atoms with van der Waals surface area (Å²) in [5.41, 5.74) is 4.45. The van der Waals surface area contributed by atoms with Gasteiger partial charge in [0.2, 0.25) is 11.8 Å². The fourth-order valence-electron chi connectivity index (χ4n) is 5.24. The molecule has 1 aromatic carbocycles. The molecule has 3 heterocycles. The number of carbonyl (C=O) groups is 1. The third-order valence-electron chi connectivity index (χ3n) is 6.88. The molecule has 1 amide bonds. The number of rotatable bonds is 7. The Morgan fingerprint density at radius 1 is 1.19 bits per heavy atom. The van der Waals surface area contributed by atoms with Gasteiger partial charge in [0.25, 0.3) is 0 Å². The first-order chi connectivity index (χ1) is 14.7. The van der Waals surface area contributed by atoms with Gasteiger partial charge in [-0.05, 0) is 65.5 Å². The maximum atomic E-state index is 13.3. The minimum absolute atomic E-state index is 0.00679. The van der Waals surface area contributed by atoms with Gasteiger partial charge in [0.15, 0.2) is 0 Å². The van der Waals surface area contributed by atoms with Crippen molar-refractivity contribution in [2.75, 3.05) is 13.2 Å². The van der Waals surface area contributed by atoms with Crippen LogP contribution in [0.2, 0.25) is 0 Å². The minimum atomic E-state index is -0.635. The van der Waals surface area contributed by atoms with E-state index in [-0.39, 0.29) is 25.0 Å². The zero-order valence-corrected chi connectivity index (χ0v) is 19.4. The highest BCUT2D eigenvalue weighted by molar-refractivity contribution is 5.83. The number of benzene rings is 1. The minimum Gasteiger partial charge on any atom is -0.475 e. The van der Waals surface area contributed by atoms with Crippen molar-refractivity contribution in [3.63, 3.8) is 0 Å². The van der Waals surface area contributed by atoms with Gasteiger partial charge in [0.05, 0.1) is 11.1 Å². The molecule has 2 saturated heterocycles. The van der Waals surface area contributed by atoms with E-state index in [0.717, 1.165) is 42.5 Å². The van der Waals surface area contributed by atoms with Crippen molar-refractivity contribution in [1.82, 2.24) is 15.1 Å². The lowest BCUT2D eigenvalue weighted by atomic mass is 9.92. The van der Waals surface area contributed by atoms with Gasteiger partial charge in [-0.25, -0.2) is 0 Å². The van der Waals surface area contributed by atoms with Gasteiger partial charge in [-0.1, -0.05) is 24.1 Å². The largest absolute Gasteiger partial charge is 0.475 e. The molecule has 2 fully saturated rings. The van der Waals surface area contributed by atoms with Gasteiger partial charge in [-0.15, -0.1) is 5.10 Å². The van der Waals surface area contributed by atoms with E-state index in [9.17, 15) is 9.90 Å². The van der Waals surface area contributed by atoms with Gasteiger partial charge in [0.1, 0.15) is 6.61 Å². The van der Waals surface area contributed by atoms with Crippen LogP contribution in [0.15, 0.2) is 18.2 Å². The predicted molar refractivity (Wildman–Crippen MR) is 121 cm³/mol. The lowest BCUT2D eigenvalue weighted by Crippen LogP contribution is -2.46. The zero-order chi connectivity index (χ0) is 22.3. The van der Waals surface area contributed by atoms with Crippen molar-refractivity contribution in [3.05, 3.63) is 34.9 Å². The van der Waals surface area contributed by atoms with Crippen molar-refractivity contribution in [3.8, 4) is 17.1 Å². The number of carbonyl (C=O) groups excluding carboxylic acids is 1. The second kappa shape index (κ2) is 8.30. The molecule has 2 aliphatic rings. The van der Waals surface area contributed by atoms with E-state index >= 15 is 0 Å². The van der Waals surface area contributed by atoms with Crippen LogP contribution < -0.4 is 4.74 Å². The Labute approximate surface area is 185 Å². The van der Waals surface area contributed by atoms with Crippen LogP contribution in [0.25, 0.3) is 11.3 Å². The first kappa shape index (κ1) is 21.9. The number of nitrogens with zero attached hydrogens (tertiary/aromatic N) is 2. The van der Waals surface area contributed by atoms with Crippen LogP contribution in [0.4, 0.5) is 0 Å². The second-order valence-electron chi connectivity index (χ2n) is 10.1. The lowest BCUT2D eigenvalue weighted by molar-refractivity contribution is -0.143. The van der Waals surface area contributed by atoms with E-state index in [1.807, 2.05) is 20.8 Å². The summed E-state index contributed by atoms with van der Waals surface area (Å²) in [5.74, 6) is 0.512. The van der Waals surface area contributed by atoms with Crippen LogP contribution in [0.1, 0.15) is 69.1 Å². The van der Waals surface area contributed by atoms with Crippen molar-refractivity contribution in [1.29, 1.82) is 0 Å². The van der Waals surface area contributed by atoms with Gasteiger partial charge in [0, 0.05) is 35.7 Å². The molecule has 2 N–H and O–H groups in total. The summed E-state index contributed by atoms with van der Waals surface area (Å²) in [4.78, 5) is 15.4. The van der Waals surface area contributed by atoms with Crippen LogP contribution in [-0.2, 0) is 4.79 Å². The number of aromatic nitrogens is 2. The summed E-state index contributed by atoms with van der Waals surface area (Å²) >= 11 is 0. The smallest absolute Gasteiger partial charge is 0.236 e. The molecule has 2 bridgehead atoms. The number of hydrogen-bond donors (Lipinski definition) is 2. The molecule has 0 spiro atoms. The van der Waals surface area contributed by atoms with Gasteiger partial charge >= 0.3 is 0 Å². The summed E-state index contributed by atoms with van der Waals surface area (Å²) in [6, 6.07) is 7.15. The standard InChI is InChI=1S/C25H35N3O3/c1-15-10-16(2)12-18(11-15)22-21(17(3)13-29)23(27-26-22)31-14-25(4,5)24(30)28-19-6-7-20(28)9-8-19/h10-12,17,19-20,29H,6-9,13-14H2,1-5H3,(H,26,27)/t17-,19?,20?/m1/s1. The Hall–Kier alpha value is -2.34. The van der Waals surface area contributed by atoms with Crippen LogP contribution in [0.3, 0.4) is 0 Å². The maximum Gasteiger partial charge on any atom is 0.236 e. The Balaban J connectivity index is 1.57. The number of ether oxygens (including phenoxy) is 1. The van der Waals surface area contributed by atoms with Gasteiger partial charge in [-0.2, -0.15) is 0 Å². The summed E-state index contributed by atoms with van der Waals surface area (Å²) in [5, 5.41) is 17.4. The average Bonchev–Trinajstić information content (AvgIpc) is 3.44. The Morgan fingerprint density at radius 2 is 1.77 bits per heavy atom. The summed E-state index contributed by atoms with van der Waals surface area (Å²) in [6.07, 6.45) is 4.52. The molecule has 1 atom stereocenters. The highest BCUT2D eigenvalue weighted by atomic mass is 16.5. The van der Waals surface area contributed by atoms with Gasteiger partial charge < -0.3 is 14.7 Å². The molecule has 2 aromatic rings. The third kappa shape index (κ3) is 4.10. The number of nitrogens with one attached hydrogen (secondary N) is 1. The maximum absolute atomic E-state index is 13.3. The molecule has 0 saturated carbocycles. The molecule has 6 heteroatoms. The van der Waals surface area contributed by atoms with Crippen molar-refractivity contribution in [2.24, 2.45) is 5.41 Å². The fraction of sp³-hybridized carbons (Fsp3) is 0.600. The SMILES string of the molecule is Cc1cc(C)cc(-c2[nH]nc(OCC(C)(C)C(=O)N3C4CCC3CC4)c2[C@H](C)CO)c1. The monoisotopic (exact) mass is 425 g/mol. The van der Waals surface area contributed by atoms with Crippen LogP contribution >= 0.6 is 0 Å². The number of H-pyrrole nitrogens is 1. The fourth-order valence-corrected chi connectivity index (χ4v) is 5.24. The number of amides is 1. The normalized spacial score (nSPS) is 21.5. The van der Waals surface area contributed by atoms with E-state index in [1.165, 1.54) is 11.1 Å². The third-order valence-corrected chi connectivity index (χ3v) is 6.88. The molecule has 6 nitrogen and oxygen atoms in total. The van der Waals surface area contributed by atoms with E-state index in [2.05, 4.69) is 47.1 Å². The van der Waals surface area contributed by atoms with E-state index in [1.54, 1.807) is 0 Å². The molecule has 0 aliphatic carbocycles. The van der Waals surface area contributed by atoms with Crippen LogP contribution in [-0.4, -0.2) is 51.4 Å². The van der Waals surface area contributed by atoms with E-state index in [0.29, 0.717) is 18.0 Å². The van der Waals surface area contributed by atoms with Crippen molar-refractivity contribution >= 4 is 5.91 Å². The summed E-state index contributed by atoms with van der Waals surface area (Å²) < 4.78 is 6.16. The first-order valence-corrected chi connectivity index (χ1v) is 11.4.